The average molecular weight is 270 g/mol. The van der Waals surface area contributed by atoms with Crippen LogP contribution in [0.15, 0.2) is 6.33 Å². The number of aromatic nitrogens is 2. The molecule has 0 atom stereocenters. The van der Waals surface area contributed by atoms with Crippen molar-refractivity contribution in [1.29, 1.82) is 0 Å². The zero-order valence-electron chi connectivity index (χ0n) is 10.3. The largest absolute Gasteiger partial charge is 0.355 e. The van der Waals surface area contributed by atoms with Crippen LogP contribution in [-0.2, 0) is 0 Å². The number of hydrogen-bond donors (Lipinski definition) is 0. The molecule has 2 rings (SSSR count). The second-order valence-corrected chi connectivity index (χ2v) is 5.51. The molecule has 0 fully saturated rings. The first-order valence-electron chi connectivity index (χ1n) is 5.70. The fourth-order valence-corrected chi connectivity index (χ4v) is 3.11. The van der Waals surface area contributed by atoms with Gasteiger partial charge in [-0.15, -0.1) is 22.9 Å². The molecule has 17 heavy (non-hydrogen) atoms. The zero-order valence-corrected chi connectivity index (χ0v) is 11.9. The number of rotatable bonds is 4. The Morgan fingerprint density at radius 1 is 1.35 bits per heavy atom. The summed E-state index contributed by atoms with van der Waals surface area (Å²) >= 11 is 7.57. The van der Waals surface area contributed by atoms with Gasteiger partial charge in [0.15, 0.2) is 0 Å². The molecule has 5 heteroatoms. The Morgan fingerprint density at radius 2 is 2.12 bits per heavy atom. The van der Waals surface area contributed by atoms with Crippen LogP contribution < -0.4 is 4.90 Å². The molecule has 92 valence electrons. The molecule has 0 aliphatic heterocycles. The van der Waals surface area contributed by atoms with Crippen LogP contribution in [0.4, 0.5) is 5.82 Å². The Kier molecular flexibility index (Phi) is 3.84. The van der Waals surface area contributed by atoms with Gasteiger partial charge in [-0.25, -0.2) is 9.97 Å². The predicted molar refractivity (Wildman–Crippen MR) is 75.5 cm³/mol. The topological polar surface area (TPSA) is 29.0 Å². The number of fused-ring (bicyclic) bond motifs is 1. The van der Waals surface area contributed by atoms with Crippen molar-refractivity contribution in [2.45, 2.75) is 20.8 Å². The Balaban J connectivity index is 2.59. The molecule has 0 saturated carbocycles. The van der Waals surface area contributed by atoms with Crippen molar-refractivity contribution in [3.63, 3.8) is 0 Å². The lowest BCUT2D eigenvalue weighted by atomic mass is 10.2. The normalized spacial score (nSPS) is 11.1. The number of anilines is 1. The van der Waals surface area contributed by atoms with E-state index in [2.05, 4.69) is 35.6 Å². The van der Waals surface area contributed by atoms with Gasteiger partial charge < -0.3 is 4.90 Å². The van der Waals surface area contributed by atoms with Crippen LogP contribution in [-0.4, -0.2) is 28.9 Å². The lowest BCUT2D eigenvalue weighted by Crippen LogP contribution is -2.26. The van der Waals surface area contributed by atoms with Crippen LogP contribution in [0.1, 0.15) is 17.4 Å². The fraction of sp³-hybridized carbons (Fsp3) is 0.500. The maximum atomic E-state index is 5.84. The standard InChI is InChI=1S/C12H16ClN3S/c1-4-16(6-5-13)11-10-8(2)9(3)17-12(10)15-7-14-11/h7H,4-6H2,1-3H3. The van der Waals surface area contributed by atoms with E-state index in [-0.39, 0.29) is 0 Å². The van der Waals surface area contributed by atoms with E-state index in [9.17, 15) is 0 Å². The monoisotopic (exact) mass is 269 g/mol. The molecule has 2 aromatic heterocycles. The summed E-state index contributed by atoms with van der Waals surface area (Å²) < 4.78 is 0. The van der Waals surface area contributed by atoms with Gasteiger partial charge in [0.2, 0.25) is 0 Å². The molecule has 0 amide bonds. The van der Waals surface area contributed by atoms with Gasteiger partial charge in [-0.2, -0.15) is 0 Å². The highest BCUT2D eigenvalue weighted by Crippen LogP contribution is 2.33. The summed E-state index contributed by atoms with van der Waals surface area (Å²) in [6.45, 7) is 8.11. The van der Waals surface area contributed by atoms with E-state index in [0.717, 1.165) is 23.7 Å². The molecule has 2 heterocycles. The van der Waals surface area contributed by atoms with Gasteiger partial charge >= 0.3 is 0 Å². The van der Waals surface area contributed by atoms with Gasteiger partial charge in [0.25, 0.3) is 0 Å². The lowest BCUT2D eigenvalue weighted by molar-refractivity contribution is 0.852. The van der Waals surface area contributed by atoms with Crippen molar-refractivity contribution in [3.8, 4) is 0 Å². The molecule has 2 aromatic rings. The maximum Gasteiger partial charge on any atom is 0.141 e. The fourth-order valence-electron chi connectivity index (χ4n) is 1.92. The van der Waals surface area contributed by atoms with E-state index in [1.807, 2.05) is 0 Å². The van der Waals surface area contributed by atoms with Crippen molar-refractivity contribution < 1.29 is 0 Å². The summed E-state index contributed by atoms with van der Waals surface area (Å²) in [6, 6.07) is 0. The summed E-state index contributed by atoms with van der Waals surface area (Å²) in [6.07, 6.45) is 1.64. The summed E-state index contributed by atoms with van der Waals surface area (Å²) in [5.74, 6) is 1.63. The van der Waals surface area contributed by atoms with Gasteiger partial charge in [-0.3, -0.25) is 0 Å². The first-order chi connectivity index (χ1) is 8.19. The molecule has 0 N–H and O–H groups in total. The highest BCUT2D eigenvalue weighted by Gasteiger charge is 2.15. The summed E-state index contributed by atoms with van der Waals surface area (Å²) in [5, 5.41) is 1.18. The minimum absolute atomic E-state index is 0.613. The highest BCUT2D eigenvalue weighted by molar-refractivity contribution is 7.18. The summed E-state index contributed by atoms with van der Waals surface area (Å²) in [7, 11) is 0. The van der Waals surface area contributed by atoms with Crippen molar-refractivity contribution in [2.75, 3.05) is 23.9 Å². The second-order valence-electron chi connectivity index (χ2n) is 3.93. The Bertz CT molecular complexity index is 524. The molecule has 0 radical (unpaired) electrons. The third-order valence-electron chi connectivity index (χ3n) is 2.98. The van der Waals surface area contributed by atoms with E-state index in [1.54, 1.807) is 17.7 Å². The molecule has 0 spiro atoms. The van der Waals surface area contributed by atoms with E-state index in [0.29, 0.717) is 5.88 Å². The van der Waals surface area contributed by atoms with Gasteiger partial charge in [0.05, 0.1) is 5.39 Å². The molecule has 0 aromatic carbocycles. The molecule has 3 nitrogen and oxygen atoms in total. The number of aryl methyl sites for hydroxylation is 2. The minimum atomic E-state index is 0.613. The number of nitrogens with zero attached hydrogens (tertiary/aromatic N) is 3. The van der Waals surface area contributed by atoms with Crippen LogP contribution in [0, 0.1) is 13.8 Å². The van der Waals surface area contributed by atoms with Crippen molar-refractivity contribution in [3.05, 3.63) is 16.8 Å². The Labute approximate surface area is 110 Å². The number of thiophene rings is 1. The number of alkyl halides is 1. The Hall–Kier alpha value is -0.870. The number of hydrogen-bond acceptors (Lipinski definition) is 4. The zero-order chi connectivity index (χ0) is 12.4. The van der Waals surface area contributed by atoms with Crippen LogP contribution in [0.25, 0.3) is 10.2 Å². The third kappa shape index (κ3) is 2.24. The van der Waals surface area contributed by atoms with Gasteiger partial charge in [-0.1, -0.05) is 0 Å². The lowest BCUT2D eigenvalue weighted by Gasteiger charge is -2.21. The second kappa shape index (κ2) is 5.19. The van der Waals surface area contributed by atoms with Crippen molar-refractivity contribution in [1.82, 2.24) is 9.97 Å². The molecule has 0 saturated heterocycles. The maximum absolute atomic E-state index is 5.84. The Morgan fingerprint density at radius 3 is 2.76 bits per heavy atom. The van der Waals surface area contributed by atoms with Crippen LogP contribution in [0.3, 0.4) is 0 Å². The van der Waals surface area contributed by atoms with Gasteiger partial charge in [-0.05, 0) is 26.3 Å². The number of halogens is 1. The first kappa shape index (κ1) is 12.6. The SMILES string of the molecule is CCN(CCCl)c1ncnc2sc(C)c(C)c12. The van der Waals surface area contributed by atoms with Gasteiger partial charge in [0, 0.05) is 23.8 Å². The van der Waals surface area contributed by atoms with E-state index in [1.165, 1.54) is 15.8 Å². The van der Waals surface area contributed by atoms with Crippen molar-refractivity contribution >= 4 is 39.0 Å². The molecular weight excluding hydrogens is 254 g/mol. The van der Waals surface area contributed by atoms with Crippen LogP contribution in [0.2, 0.25) is 0 Å². The minimum Gasteiger partial charge on any atom is -0.355 e. The predicted octanol–water partition coefficient (Wildman–Crippen LogP) is 3.37. The third-order valence-corrected chi connectivity index (χ3v) is 4.27. The van der Waals surface area contributed by atoms with Gasteiger partial charge in [0.1, 0.15) is 17.0 Å². The molecule has 0 unspecified atom stereocenters. The van der Waals surface area contributed by atoms with E-state index in [4.69, 9.17) is 11.6 Å². The van der Waals surface area contributed by atoms with E-state index >= 15 is 0 Å². The van der Waals surface area contributed by atoms with E-state index < -0.39 is 0 Å². The highest BCUT2D eigenvalue weighted by atomic mass is 35.5. The molecular formula is C12H16ClN3S. The molecule has 0 bridgehead atoms. The summed E-state index contributed by atoms with van der Waals surface area (Å²) in [4.78, 5) is 13.4. The van der Waals surface area contributed by atoms with Crippen LogP contribution >= 0.6 is 22.9 Å². The first-order valence-corrected chi connectivity index (χ1v) is 7.05. The molecule has 0 aliphatic carbocycles. The van der Waals surface area contributed by atoms with Crippen molar-refractivity contribution in [2.24, 2.45) is 0 Å². The molecule has 0 aliphatic rings. The summed E-state index contributed by atoms with van der Waals surface area (Å²) in [5.41, 5.74) is 1.29. The smallest absolute Gasteiger partial charge is 0.141 e. The quantitative estimate of drug-likeness (QED) is 0.797. The van der Waals surface area contributed by atoms with Crippen LogP contribution in [0.5, 0.6) is 0 Å². The average Bonchev–Trinajstić information content (AvgIpc) is 2.62.